The van der Waals surface area contributed by atoms with Crippen molar-refractivity contribution in [2.45, 2.75) is 13.0 Å². The van der Waals surface area contributed by atoms with Crippen molar-refractivity contribution >= 4 is 28.9 Å². The molecule has 2 amide bonds. The highest BCUT2D eigenvalue weighted by atomic mass is 32.1. The first-order valence-electron chi connectivity index (χ1n) is 5.01. The summed E-state index contributed by atoms with van der Waals surface area (Å²) in [7, 11) is 1.54. The molecule has 0 spiro atoms. The van der Waals surface area contributed by atoms with Gasteiger partial charge in [-0.1, -0.05) is 24.4 Å². The zero-order chi connectivity index (χ0) is 13.0. The van der Waals surface area contributed by atoms with E-state index in [4.69, 9.17) is 18.0 Å². The van der Waals surface area contributed by atoms with Crippen LogP contribution in [0, 0.1) is 5.82 Å². The van der Waals surface area contributed by atoms with Gasteiger partial charge in [-0.3, -0.25) is 0 Å². The Labute approximate surface area is 105 Å². The van der Waals surface area contributed by atoms with Crippen molar-refractivity contribution in [3.8, 4) is 0 Å². The van der Waals surface area contributed by atoms with Gasteiger partial charge in [-0.2, -0.15) is 0 Å². The van der Waals surface area contributed by atoms with Crippen molar-refractivity contribution in [1.29, 1.82) is 0 Å². The van der Waals surface area contributed by atoms with Crippen LogP contribution < -0.4 is 11.1 Å². The predicted molar refractivity (Wildman–Crippen MR) is 69.4 cm³/mol. The summed E-state index contributed by atoms with van der Waals surface area (Å²) in [5.41, 5.74) is 5.56. The number of hydrogen-bond acceptors (Lipinski definition) is 2. The number of benzene rings is 1. The van der Waals surface area contributed by atoms with E-state index >= 15 is 0 Å². The lowest BCUT2D eigenvalue weighted by molar-refractivity contribution is 0.218. The lowest BCUT2D eigenvalue weighted by Crippen LogP contribution is -2.44. The number of rotatable bonds is 3. The molecule has 0 aliphatic carbocycles. The molecular formula is C11H14FN3OS. The summed E-state index contributed by atoms with van der Waals surface area (Å²) in [5, 5.41) is 2.44. The zero-order valence-corrected chi connectivity index (χ0v) is 10.4. The van der Waals surface area contributed by atoms with Crippen LogP contribution in [0.25, 0.3) is 0 Å². The largest absolute Gasteiger partial charge is 0.392 e. The first kappa shape index (κ1) is 13.4. The summed E-state index contributed by atoms with van der Waals surface area (Å²) >= 11 is 4.79. The molecule has 1 aromatic rings. The SMILES string of the molecule is CC(C(N)=S)N(C)C(=O)Nc1ccccc1F. The Morgan fingerprint density at radius 1 is 1.53 bits per heavy atom. The molecule has 0 aliphatic rings. The number of urea groups is 1. The van der Waals surface area contributed by atoms with E-state index < -0.39 is 17.9 Å². The third kappa shape index (κ3) is 3.39. The maximum absolute atomic E-state index is 13.3. The molecule has 0 aliphatic heterocycles. The maximum atomic E-state index is 13.3. The topological polar surface area (TPSA) is 58.4 Å². The molecule has 4 nitrogen and oxygen atoms in total. The van der Waals surface area contributed by atoms with Gasteiger partial charge in [-0.05, 0) is 19.1 Å². The van der Waals surface area contributed by atoms with Gasteiger partial charge in [0.2, 0.25) is 0 Å². The lowest BCUT2D eigenvalue weighted by Gasteiger charge is -2.24. The highest BCUT2D eigenvalue weighted by Gasteiger charge is 2.18. The molecule has 3 N–H and O–H groups in total. The highest BCUT2D eigenvalue weighted by Crippen LogP contribution is 2.13. The Balaban J connectivity index is 2.73. The van der Waals surface area contributed by atoms with Crippen molar-refractivity contribution in [2.24, 2.45) is 5.73 Å². The number of hydrogen-bond donors (Lipinski definition) is 2. The van der Waals surface area contributed by atoms with Crippen molar-refractivity contribution < 1.29 is 9.18 Å². The smallest absolute Gasteiger partial charge is 0.322 e. The Hall–Kier alpha value is -1.69. The number of thiocarbonyl (C=S) groups is 1. The zero-order valence-electron chi connectivity index (χ0n) is 9.61. The van der Waals surface area contributed by atoms with E-state index in [1.54, 1.807) is 26.1 Å². The van der Waals surface area contributed by atoms with Crippen LogP contribution in [0.15, 0.2) is 24.3 Å². The summed E-state index contributed by atoms with van der Waals surface area (Å²) in [6, 6.07) is 5.08. The average Bonchev–Trinajstić information content (AvgIpc) is 2.30. The number of nitrogens with two attached hydrogens (primary N) is 1. The van der Waals surface area contributed by atoms with Gasteiger partial charge in [0, 0.05) is 7.05 Å². The van der Waals surface area contributed by atoms with E-state index in [0.717, 1.165) is 0 Å². The second-order valence-electron chi connectivity index (χ2n) is 3.60. The molecule has 0 heterocycles. The number of amides is 2. The average molecular weight is 255 g/mol. The Morgan fingerprint density at radius 2 is 2.12 bits per heavy atom. The molecular weight excluding hydrogens is 241 g/mol. The fourth-order valence-electron chi connectivity index (χ4n) is 1.13. The van der Waals surface area contributed by atoms with Crippen LogP contribution in [-0.4, -0.2) is 29.0 Å². The molecule has 0 bridgehead atoms. The van der Waals surface area contributed by atoms with Crippen LogP contribution in [0.5, 0.6) is 0 Å². The van der Waals surface area contributed by atoms with Gasteiger partial charge in [0.05, 0.1) is 16.7 Å². The standard InChI is InChI=1S/C11H14FN3OS/c1-7(10(13)17)15(2)11(16)14-9-6-4-3-5-8(9)12/h3-7H,1-2H3,(H2,13,17)(H,14,16). The molecule has 0 aromatic heterocycles. The number of halogens is 1. The van der Waals surface area contributed by atoms with Gasteiger partial charge in [0.1, 0.15) is 5.82 Å². The van der Waals surface area contributed by atoms with E-state index in [1.165, 1.54) is 17.0 Å². The molecule has 0 radical (unpaired) electrons. The number of carbonyl (C=O) groups excluding carboxylic acids is 1. The van der Waals surface area contributed by atoms with Crippen molar-refractivity contribution in [1.82, 2.24) is 4.90 Å². The first-order chi connectivity index (χ1) is 7.93. The van der Waals surface area contributed by atoms with Crippen molar-refractivity contribution in [2.75, 3.05) is 12.4 Å². The molecule has 0 saturated carbocycles. The highest BCUT2D eigenvalue weighted by molar-refractivity contribution is 7.80. The van der Waals surface area contributed by atoms with Crippen molar-refractivity contribution in [3.63, 3.8) is 0 Å². The van der Waals surface area contributed by atoms with Gasteiger partial charge < -0.3 is 16.0 Å². The number of carbonyl (C=O) groups is 1. The van der Waals surface area contributed by atoms with Crippen LogP contribution >= 0.6 is 12.2 Å². The van der Waals surface area contributed by atoms with E-state index in [1.807, 2.05) is 0 Å². The third-order valence-corrected chi connectivity index (χ3v) is 2.77. The van der Waals surface area contributed by atoms with E-state index in [2.05, 4.69) is 5.32 Å². The number of likely N-dealkylation sites (N-methyl/N-ethyl adjacent to an activating group) is 1. The molecule has 1 aromatic carbocycles. The molecule has 17 heavy (non-hydrogen) atoms. The predicted octanol–water partition coefficient (Wildman–Crippen LogP) is 1.96. The molecule has 1 unspecified atom stereocenters. The summed E-state index contributed by atoms with van der Waals surface area (Å²) in [6.07, 6.45) is 0. The van der Waals surface area contributed by atoms with Crippen LogP contribution in [0.3, 0.4) is 0 Å². The summed E-state index contributed by atoms with van der Waals surface area (Å²) < 4.78 is 13.3. The van der Waals surface area contributed by atoms with E-state index in [9.17, 15) is 9.18 Å². The van der Waals surface area contributed by atoms with E-state index in [0.29, 0.717) is 0 Å². The van der Waals surface area contributed by atoms with Gasteiger partial charge in [-0.25, -0.2) is 9.18 Å². The minimum absolute atomic E-state index is 0.125. The fourth-order valence-corrected chi connectivity index (χ4v) is 1.29. The first-order valence-corrected chi connectivity index (χ1v) is 5.42. The third-order valence-electron chi connectivity index (χ3n) is 2.43. The number of anilines is 1. The molecule has 6 heteroatoms. The van der Waals surface area contributed by atoms with Crippen LogP contribution in [-0.2, 0) is 0 Å². The minimum Gasteiger partial charge on any atom is -0.392 e. The fraction of sp³-hybridized carbons (Fsp3) is 0.273. The van der Waals surface area contributed by atoms with Gasteiger partial charge in [0.15, 0.2) is 0 Å². The maximum Gasteiger partial charge on any atom is 0.322 e. The Kier molecular flexibility index (Phi) is 4.39. The van der Waals surface area contributed by atoms with Crippen molar-refractivity contribution in [3.05, 3.63) is 30.1 Å². The summed E-state index contributed by atoms with van der Waals surface area (Å²) in [4.78, 5) is 13.3. The number of para-hydroxylation sites is 1. The lowest BCUT2D eigenvalue weighted by atomic mass is 10.3. The molecule has 92 valence electrons. The van der Waals surface area contributed by atoms with Gasteiger partial charge in [-0.15, -0.1) is 0 Å². The molecule has 0 fully saturated rings. The Morgan fingerprint density at radius 3 is 2.65 bits per heavy atom. The van der Waals surface area contributed by atoms with E-state index in [-0.39, 0.29) is 10.7 Å². The molecule has 1 atom stereocenters. The van der Waals surface area contributed by atoms with Crippen LogP contribution in [0.4, 0.5) is 14.9 Å². The normalized spacial score (nSPS) is 11.7. The minimum atomic E-state index is -0.489. The number of nitrogens with one attached hydrogen (secondary N) is 1. The van der Waals surface area contributed by atoms with Gasteiger partial charge >= 0.3 is 6.03 Å². The van der Waals surface area contributed by atoms with Crippen LogP contribution in [0.2, 0.25) is 0 Å². The number of nitrogens with zero attached hydrogens (tertiary/aromatic N) is 1. The summed E-state index contributed by atoms with van der Waals surface area (Å²) in [5.74, 6) is -0.489. The monoisotopic (exact) mass is 255 g/mol. The quantitative estimate of drug-likeness (QED) is 0.812. The second kappa shape index (κ2) is 5.58. The molecule has 0 saturated heterocycles. The summed E-state index contributed by atoms with van der Waals surface area (Å²) in [6.45, 7) is 1.70. The Bertz CT molecular complexity index is 438. The molecule has 1 rings (SSSR count). The van der Waals surface area contributed by atoms with Crippen LogP contribution in [0.1, 0.15) is 6.92 Å². The second-order valence-corrected chi connectivity index (χ2v) is 4.07. The van der Waals surface area contributed by atoms with Gasteiger partial charge in [0.25, 0.3) is 0 Å².